The van der Waals surface area contributed by atoms with Gasteiger partial charge >= 0.3 is 6.09 Å². The van der Waals surface area contributed by atoms with Gasteiger partial charge in [-0.25, -0.2) is 9.18 Å². The molecule has 1 aliphatic rings. The molecule has 1 aromatic rings. The highest BCUT2D eigenvalue weighted by molar-refractivity contribution is 9.10. The highest BCUT2D eigenvalue weighted by Crippen LogP contribution is 2.34. The van der Waals surface area contributed by atoms with Crippen LogP contribution in [-0.4, -0.2) is 23.1 Å². The molecule has 0 radical (unpaired) electrons. The molecule has 0 saturated carbocycles. The molecule has 110 valence electrons. The molecule has 0 aliphatic carbocycles. The van der Waals surface area contributed by atoms with Crippen molar-refractivity contribution >= 4 is 22.0 Å². The summed E-state index contributed by atoms with van der Waals surface area (Å²) >= 11 is 3.14. The summed E-state index contributed by atoms with van der Waals surface area (Å²) in [6.45, 7) is 6.18. The minimum absolute atomic E-state index is 0.104. The second kappa shape index (κ2) is 5.72. The van der Waals surface area contributed by atoms with Crippen molar-refractivity contribution in [2.24, 2.45) is 0 Å². The van der Waals surface area contributed by atoms with Crippen molar-refractivity contribution in [3.63, 3.8) is 0 Å². The first kappa shape index (κ1) is 15.3. The van der Waals surface area contributed by atoms with Crippen LogP contribution in [0.15, 0.2) is 22.7 Å². The van der Waals surface area contributed by atoms with E-state index in [-0.39, 0.29) is 18.0 Å². The summed E-state index contributed by atoms with van der Waals surface area (Å²) in [5.74, 6) is -0.307. The van der Waals surface area contributed by atoms with E-state index in [9.17, 15) is 9.18 Å². The summed E-state index contributed by atoms with van der Waals surface area (Å²) in [5, 5.41) is 0. The van der Waals surface area contributed by atoms with Crippen LogP contribution < -0.4 is 0 Å². The normalized spacial score (nSPS) is 19.2. The Morgan fingerprint density at radius 1 is 1.45 bits per heavy atom. The number of halogens is 2. The van der Waals surface area contributed by atoms with Crippen molar-refractivity contribution in [1.29, 1.82) is 0 Å². The molecule has 0 spiro atoms. The number of benzene rings is 1. The van der Waals surface area contributed by atoms with Crippen LogP contribution in [-0.2, 0) is 4.74 Å². The summed E-state index contributed by atoms with van der Waals surface area (Å²) < 4.78 is 19.5. The van der Waals surface area contributed by atoms with Crippen LogP contribution in [0.5, 0.6) is 0 Å². The number of ether oxygens (including phenoxy) is 1. The lowest BCUT2D eigenvalue weighted by molar-refractivity contribution is 0.0224. The molecule has 1 saturated heterocycles. The number of carbonyl (C=O) groups excluding carboxylic acids is 1. The highest BCUT2D eigenvalue weighted by Gasteiger charge is 2.33. The molecule has 20 heavy (non-hydrogen) atoms. The van der Waals surface area contributed by atoms with E-state index >= 15 is 0 Å². The third-order valence-electron chi connectivity index (χ3n) is 3.21. The van der Waals surface area contributed by atoms with Crippen LogP contribution in [0.4, 0.5) is 9.18 Å². The number of nitrogens with zero attached hydrogens (tertiary/aromatic N) is 1. The molecule has 0 bridgehead atoms. The number of amides is 1. The van der Waals surface area contributed by atoms with Gasteiger partial charge in [-0.1, -0.05) is 6.07 Å². The molecular weight excluding hydrogens is 325 g/mol. The smallest absolute Gasteiger partial charge is 0.410 e. The molecule has 1 heterocycles. The van der Waals surface area contributed by atoms with Gasteiger partial charge in [0.2, 0.25) is 0 Å². The molecule has 0 aromatic heterocycles. The van der Waals surface area contributed by atoms with Crippen molar-refractivity contribution in [3.8, 4) is 0 Å². The summed E-state index contributed by atoms with van der Waals surface area (Å²) in [5.41, 5.74) is 0.295. The Hall–Kier alpha value is -1.10. The van der Waals surface area contributed by atoms with Crippen LogP contribution in [0.3, 0.4) is 0 Å². The zero-order valence-electron chi connectivity index (χ0n) is 12.0. The lowest BCUT2D eigenvalue weighted by Gasteiger charge is -2.28. The van der Waals surface area contributed by atoms with Gasteiger partial charge in [-0.3, -0.25) is 0 Å². The van der Waals surface area contributed by atoms with Gasteiger partial charge in [-0.2, -0.15) is 0 Å². The Morgan fingerprint density at radius 2 is 2.15 bits per heavy atom. The summed E-state index contributed by atoms with van der Waals surface area (Å²) in [6.07, 6.45) is 1.41. The zero-order valence-corrected chi connectivity index (χ0v) is 13.5. The Kier molecular flexibility index (Phi) is 4.37. The van der Waals surface area contributed by atoms with Gasteiger partial charge in [0.15, 0.2) is 0 Å². The quantitative estimate of drug-likeness (QED) is 0.742. The Labute approximate surface area is 127 Å². The first-order chi connectivity index (χ1) is 9.28. The number of likely N-dealkylation sites (tertiary alicyclic amines) is 1. The van der Waals surface area contributed by atoms with Crippen LogP contribution in [0.2, 0.25) is 0 Å². The Bertz CT molecular complexity index is 513. The van der Waals surface area contributed by atoms with Gasteiger partial charge in [-0.05, 0) is 67.2 Å². The first-order valence-electron chi connectivity index (χ1n) is 6.72. The van der Waals surface area contributed by atoms with Crippen LogP contribution in [0.25, 0.3) is 0 Å². The van der Waals surface area contributed by atoms with E-state index in [1.807, 2.05) is 26.8 Å². The average Bonchev–Trinajstić information content (AvgIpc) is 2.79. The topological polar surface area (TPSA) is 29.5 Å². The molecule has 1 amide bonds. The SMILES string of the molecule is CC(C)(C)OC(=O)N1CCC[C@H]1c1ccc(Br)c(F)c1. The second-order valence-corrected chi connectivity index (χ2v) is 6.86. The predicted molar refractivity (Wildman–Crippen MR) is 79.0 cm³/mol. The fourth-order valence-electron chi connectivity index (χ4n) is 2.37. The average molecular weight is 344 g/mol. The van der Waals surface area contributed by atoms with Gasteiger partial charge in [0.05, 0.1) is 10.5 Å². The molecule has 1 aliphatic heterocycles. The van der Waals surface area contributed by atoms with Crippen molar-refractivity contribution in [2.45, 2.75) is 45.3 Å². The van der Waals surface area contributed by atoms with Gasteiger partial charge in [-0.15, -0.1) is 0 Å². The maximum absolute atomic E-state index is 13.7. The van der Waals surface area contributed by atoms with Gasteiger partial charge in [0, 0.05) is 6.54 Å². The molecule has 5 heteroatoms. The molecule has 1 atom stereocenters. The lowest BCUT2D eigenvalue weighted by atomic mass is 10.0. The summed E-state index contributed by atoms with van der Waals surface area (Å²) in [4.78, 5) is 13.9. The van der Waals surface area contributed by atoms with E-state index in [2.05, 4.69) is 15.9 Å². The van der Waals surface area contributed by atoms with Gasteiger partial charge in [0.1, 0.15) is 11.4 Å². The molecule has 3 nitrogen and oxygen atoms in total. The van der Waals surface area contributed by atoms with E-state index in [0.29, 0.717) is 11.0 Å². The van der Waals surface area contributed by atoms with Crippen molar-refractivity contribution in [2.75, 3.05) is 6.54 Å². The zero-order chi connectivity index (χ0) is 14.9. The third kappa shape index (κ3) is 3.51. The maximum atomic E-state index is 13.7. The van der Waals surface area contributed by atoms with Crippen molar-refractivity contribution < 1.29 is 13.9 Å². The second-order valence-electron chi connectivity index (χ2n) is 6.01. The number of rotatable bonds is 1. The third-order valence-corrected chi connectivity index (χ3v) is 3.85. The molecule has 1 aromatic carbocycles. The fourth-order valence-corrected chi connectivity index (χ4v) is 2.62. The Morgan fingerprint density at radius 3 is 2.75 bits per heavy atom. The molecular formula is C15H19BrFNO2. The van der Waals surface area contributed by atoms with E-state index in [4.69, 9.17) is 4.74 Å². The van der Waals surface area contributed by atoms with Gasteiger partial charge < -0.3 is 9.64 Å². The molecule has 0 N–H and O–H groups in total. The summed E-state index contributed by atoms with van der Waals surface area (Å²) in [7, 11) is 0. The predicted octanol–water partition coefficient (Wildman–Crippen LogP) is 4.66. The summed E-state index contributed by atoms with van der Waals surface area (Å²) in [6, 6.07) is 4.90. The highest BCUT2D eigenvalue weighted by atomic mass is 79.9. The van der Waals surface area contributed by atoms with E-state index in [1.165, 1.54) is 6.07 Å². The number of hydrogen-bond acceptors (Lipinski definition) is 2. The standard InChI is InChI=1S/C15H19BrFNO2/c1-15(2,3)20-14(19)18-8-4-5-13(18)10-6-7-11(16)12(17)9-10/h6-7,9,13H,4-5,8H2,1-3H3/t13-/m0/s1. The van der Waals surface area contributed by atoms with E-state index in [0.717, 1.165) is 18.4 Å². The van der Waals surface area contributed by atoms with E-state index in [1.54, 1.807) is 11.0 Å². The largest absolute Gasteiger partial charge is 0.444 e. The van der Waals surface area contributed by atoms with Crippen LogP contribution in [0, 0.1) is 5.82 Å². The monoisotopic (exact) mass is 343 g/mol. The lowest BCUT2D eigenvalue weighted by Crippen LogP contribution is -2.36. The Balaban J connectivity index is 2.18. The minimum atomic E-state index is -0.519. The fraction of sp³-hybridized carbons (Fsp3) is 0.533. The molecule has 2 rings (SSSR count). The number of hydrogen-bond donors (Lipinski definition) is 0. The van der Waals surface area contributed by atoms with Gasteiger partial charge in [0.25, 0.3) is 0 Å². The minimum Gasteiger partial charge on any atom is -0.444 e. The van der Waals surface area contributed by atoms with Crippen molar-refractivity contribution in [3.05, 3.63) is 34.1 Å². The first-order valence-corrected chi connectivity index (χ1v) is 7.52. The molecule has 1 fully saturated rings. The van der Waals surface area contributed by atoms with Crippen molar-refractivity contribution in [1.82, 2.24) is 4.90 Å². The maximum Gasteiger partial charge on any atom is 0.410 e. The van der Waals surface area contributed by atoms with Crippen LogP contribution in [0.1, 0.15) is 45.2 Å². The number of carbonyl (C=O) groups is 1. The van der Waals surface area contributed by atoms with E-state index < -0.39 is 5.60 Å². The molecule has 0 unspecified atom stereocenters. The van der Waals surface area contributed by atoms with Crippen LogP contribution >= 0.6 is 15.9 Å².